The fourth-order valence-electron chi connectivity index (χ4n) is 3.67. The standard InChI is InChI=1S/C24H19N3O5/c1-14(24(31)32-2)13-19(27-22(29)16-9-3-4-10-17(16)23(27)30)21(28)26-18-11-5-7-15-8-6-12-25-20(15)18/h3-12,19H,1,13H2,2H3,(H,26,28)/t19-/m0/s1. The van der Waals surface area contributed by atoms with E-state index in [1.807, 2.05) is 12.1 Å². The lowest BCUT2D eigenvalue weighted by Crippen LogP contribution is -2.47. The summed E-state index contributed by atoms with van der Waals surface area (Å²) in [5.41, 5.74) is 1.33. The van der Waals surface area contributed by atoms with Gasteiger partial charge in [-0.1, -0.05) is 36.9 Å². The highest BCUT2D eigenvalue weighted by molar-refractivity contribution is 6.23. The maximum absolute atomic E-state index is 13.4. The third-order valence-electron chi connectivity index (χ3n) is 5.24. The van der Waals surface area contributed by atoms with Crippen LogP contribution in [-0.2, 0) is 14.3 Å². The topological polar surface area (TPSA) is 106 Å². The number of ether oxygens (including phenoxy) is 1. The molecule has 8 nitrogen and oxygen atoms in total. The van der Waals surface area contributed by atoms with Crippen molar-refractivity contribution in [3.8, 4) is 0 Å². The van der Waals surface area contributed by atoms with Crippen molar-refractivity contribution in [1.29, 1.82) is 0 Å². The van der Waals surface area contributed by atoms with E-state index in [1.54, 1.807) is 36.5 Å². The van der Waals surface area contributed by atoms with Crippen LogP contribution in [-0.4, -0.2) is 46.7 Å². The van der Waals surface area contributed by atoms with E-state index in [2.05, 4.69) is 21.6 Å². The Morgan fingerprint density at radius 3 is 2.34 bits per heavy atom. The minimum Gasteiger partial charge on any atom is -0.466 e. The molecule has 0 spiro atoms. The van der Waals surface area contributed by atoms with Crippen LogP contribution in [0.2, 0.25) is 0 Å². The van der Waals surface area contributed by atoms with Gasteiger partial charge in [-0.15, -0.1) is 0 Å². The molecule has 0 radical (unpaired) electrons. The molecule has 0 saturated heterocycles. The summed E-state index contributed by atoms with van der Waals surface area (Å²) in [6.45, 7) is 3.66. The van der Waals surface area contributed by atoms with E-state index < -0.39 is 29.7 Å². The average Bonchev–Trinajstić information content (AvgIpc) is 3.07. The summed E-state index contributed by atoms with van der Waals surface area (Å²) < 4.78 is 4.68. The zero-order chi connectivity index (χ0) is 22.8. The van der Waals surface area contributed by atoms with Crippen LogP contribution in [0, 0.1) is 0 Å². The fourth-order valence-corrected chi connectivity index (χ4v) is 3.67. The van der Waals surface area contributed by atoms with Crippen LogP contribution in [0.4, 0.5) is 5.69 Å². The first kappa shape index (κ1) is 20.9. The Kier molecular flexibility index (Phi) is 5.51. The van der Waals surface area contributed by atoms with Crippen molar-refractivity contribution in [3.05, 3.63) is 84.1 Å². The van der Waals surface area contributed by atoms with Crippen LogP contribution in [0.15, 0.2) is 72.9 Å². The SMILES string of the molecule is C=C(C[C@@H](C(=O)Nc1cccc2cccnc12)N1C(=O)c2ccccc2C1=O)C(=O)OC. The Hall–Kier alpha value is -4.33. The summed E-state index contributed by atoms with van der Waals surface area (Å²) in [5, 5.41) is 3.56. The second kappa shape index (κ2) is 8.43. The van der Waals surface area contributed by atoms with Gasteiger partial charge in [0.15, 0.2) is 0 Å². The number of fused-ring (bicyclic) bond motifs is 2. The highest BCUT2D eigenvalue weighted by Gasteiger charge is 2.43. The van der Waals surface area contributed by atoms with Crippen LogP contribution in [0.5, 0.6) is 0 Å². The highest BCUT2D eigenvalue weighted by Crippen LogP contribution is 2.28. The molecule has 160 valence electrons. The van der Waals surface area contributed by atoms with Crippen molar-refractivity contribution < 1.29 is 23.9 Å². The molecular formula is C24H19N3O5. The van der Waals surface area contributed by atoms with Crippen molar-refractivity contribution in [2.45, 2.75) is 12.5 Å². The molecular weight excluding hydrogens is 410 g/mol. The van der Waals surface area contributed by atoms with Gasteiger partial charge in [-0.05, 0) is 24.3 Å². The summed E-state index contributed by atoms with van der Waals surface area (Å²) in [5.74, 6) is -2.60. The lowest BCUT2D eigenvalue weighted by Gasteiger charge is -2.25. The molecule has 4 rings (SSSR count). The minimum absolute atomic E-state index is 0.0414. The largest absolute Gasteiger partial charge is 0.466 e. The molecule has 0 unspecified atom stereocenters. The zero-order valence-electron chi connectivity index (χ0n) is 17.2. The van der Waals surface area contributed by atoms with Gasteiger partial charge in [0.1, 0.15) is 6.04 Å². The number of carbonyl (C=O) groups excluding carboxylic acids is 4. The number of benzene rings is 2. The Morgan fingerprint density at radius 1 is 1.03 bits per heavy atom. The number of hydrogen-bond acceptors (Lipinski definition) is 6. The molecule has 1 aromatic heterocycles. The van der Waals surface area contributed by atoms with Gasteiger partial charge in [-0.3, -0.25) is 24.3 Å². The van der Waals surface area contributed by atoms with Crippen LogP contribution in [0.3, 0.4) is 0 Å². The van der Waals surface area contributed by atoms with Crippen LogP contribution < -0.4 is 5.32 Å². The molecule has 2 heterocycles. The smallest absolute Gasteiger partial charge is 0.333 e. The van der Waals surface area contributed by atoms with Gasteiger partial charge in [-0.25, -0.2) is 4.79 Å². The number of esters is 1. The number of hydrogen-bond donors (Lipinski definition) is 1. The molecule has 32 heavy (non-hydrogen) atoms. The third kappa shape index (κ3) is 3.62. The molecule has 1 aliphatic heterocycles. The maximum Gasteiger partial charge on any atom is 0.333 e. The first-order chi connectivity index (χ1) is 15.4. The monoisotopic (exact) mass is 429 g/mol. The number of amides is 3. The third-order valence-corrected chi connectivity index (χ3v) is 5.24. The number of aromatic nitrogens is 1. The summed E-state index contributed by atoms with van der Waals surface area (Å²) in [4.78, 5) is 56.5. The molecule has 0 saturated carbocycles. The number of nitrogens with zero attached hydrogens (tertiary/aromatic N) is 2. The van der Waals surface area contributed by atoms with Gasteiger partial charge in [0.2, 0.25) is 5.91 Å². The number of anilines is 1. The van der Waals surface area contributed by atoms with Gasteiger partial charge < -0.3 is 10.1 Å². The van der Waals surface area contributed by atoms with Crippen LogP contribution in [0.1, 0.15) is 27.1 Å². The van der Waals surface area contributed by atoms with Gasteiger partial charge >= 0.3 is 5.97 Å². The Bertz CT molecular complexity index is 1240. The number of carbonyl (C=O) groups is 4. The summed E-state index contributed by atoms with van der Waals surface area (Å²) in [6.07, 6.45) is 1.32. The lowest BCUT2D eigenvalue weighted by molar-refractivity contribution is -0.136. The van der Waals surface area contributed by atoms with Crippen molar-refractivity contribution in [3.63, 3.8) is 0 Å². The molecule has 3 aromatic rings. The van der Waals surface area contributed by atoms with Crippen molar-refractivity contribution in [2.24, 2.45) is 0 Å². The Balaban J connectivity index is 1.70. The molecule has 3 amide bonds. The molecule has 0 fully saturated rings. The van der Waals surface area contributed by atoms with Gasteiger partial charge in [0, 0.05) is 23.6 Å². The quantitative estimate of drug-likeness (QED) is 0.367. The van der Waals surface area contributed by atoms with E-state index in [1.165, 1.54) is 19.2 Å². The van der Waals surface area contributed by atoms with Crippen molar-refractivity contribution in [2.75, 3.05) is 12.4 Å². The van der Waals surface area contributed by atoms with E-state index in [-0.39, 0.29) is 23.1 Å². The minimum atomic E-state index is -1.31. The Labute approximate surface area is 183 Å². The lowest BCUT2D eigenvalue weighted by atomic mass is 10.0. The molecule has 1 N–H and O–H groups in total. The summed E-state index contributed by atoms with van der Waals surface area (Å²) in [7, 11) is 1.19. The second-order valence-corrected chi connectivity index (χ2v) is 7.21. The number of nitrogens with one attached hydrogen (secondary N) is 1. The number of rotatable bonds is 6. The van der Waals surface area contributed by atoms with Gasteiger partial charge in [0.25, 0.3) is 11.8 Å². The first-order valence-electron chi connectivity index (χ1n) is 9.80. The predicted octanol–water partition coefficient (Wildman–Crippen LogP) is 2.96. The normalized spacial score (nSPS) is 13.6. The number of methoxy groups -OCH3 is 1. The molecule has 1 atom stereocenters. The molecule has 8 heteroatoms. The van der Waals surface area contributed by atoms with E-state index in [0.717, 1.165) is 10.3 Å². The van der Waals surface area contributed by atoms with E-state index in [4.69, 9.17) is 0 Å². The van der Waals surface area contributed by atoms with E-state index in [9.17, 15) is 19.2 Å². The molecule has 0 bridgehead atoms. The predicted molar refractivity (Wildman–Crippen MR) is 117 cm³/mol. The van der Waals surface area contributed by atoms with E-state index in [0.29, 0.717) is 11.2 Å². The van der Waals surface area contributed by atoms with Gasteiger partial charge in [-0.2, -0.15) is 0 Å². The van der Waals surface area contributed by atoms with E-state index >= 15 is 0 Å². The number of pyridine rings is 1. The highest BCUT2D eigenvalue weighted by atomic mass is 16.5. The molecule has 2 aromatic carbocycles. The number of imide groups is 1. The first-order valence-corrected chi connectivity index (χ1v) is 9.80. The van der Waals surface area contributed by atoms with Crippen LogP contribution >= 0.6 is 0 Å². The average molecular weight is 429 g/mol. The second-order valence-electron chi connectivity index (χ2n) is 7.21. The zero-order valence-corrected chi connectivity index (χ0v) is 17.2. The Morgan fingerprint density at radius 2 is 1.69 bits per heavy atom. The molecule has 0 aliphatic carbocycles. The summed E-state index contributed by atoms with van der Waals surface area (Å²) in [6, 6.07) is 13.9. The summed E-state index contributed by atoms with van der Waals surface area (Å²) >= 11 is 0. The molecule has 1 aliphatic rings. The fraction of sp³-hybridized carbons (Fsp3) is 0.125. The van der Waals surface area contributed by atoms with Crippen molar-refractivity contribution >= 4 is 40.3 Å². The van der Waals surface area contributed by atoms with Crippen LogP contribution in [0.25, 0.3) is 10.9 Å². The van der Waals surface area contributed by atoms with Gasteiger partial charge in [0.05, 0.1) is 29.4 Å². The van der Waals surface area contributed by atoms with Crippen molar-refractivity contribution in [1.82, 2.24) is 9.88 Å². The maximum atomic E-state index is 13.4. The number of para-hydroxylation sites is 1.